The number of hydrogen-bond donors (Lipinski definition) is 2. The van der Waals surface area contributed by atoms with Crippen LogP contribution in [0.3, 0.4) is 0 Å². The van der Waals surface area contributed by atoms with Gasteiger partial charge in [-0.25, -0.2) is 4.79 Å². The number of benzene rings is 1. The van der Waals surface area contributed by atoms with Crippen molar-refractivity contribution in [3.8, 4) is 0 Å². The molecule has 2 amide bonds. The van der Waals surface area contributed by atoms with E-state index in [2.05, 4.69) is 37.8 Å². The van der Waals surface area contributed by atoms with Crippen LogP contribution in [0.2, 0.25) is 0 Å². The number of para-hydroxylation sites is 1. The number of nitrogens with one attached hydrogen (secondary N) is 2. The van der Waals surface area contributed by atoms with Crippen LogP contribution in [0.15, 0.2) is 34.9 Å². The number of aryl methyl sites for hydroxylation is 2. The first-order valence-corrected chi connectivity index (χ1v) is 8.34. The SMILES string of the molecule is Cc1noc(CCCNC(=O)N[C@H]2CCN(c3ccccc3)C2)n1. The number of carbonyl (C=O) groups excluding carboxylic acids is 1. The molecule has 7 nitrogen and oxygen atoms in total. The largest absolute Gasteiger partial charge is 0.369 e. The lowest BCUT2D eigenvalue weighted by molar-refractivity contribution is 0.237. The number of rotatable bonds is 6. The van der Waals surface area contributed by atoms with Crippen LogP contribution in [0.25, 0.3) is 0 Å². The fourth-order valence-electron chi connectivity index (χ4n) is 2.87. The predicted octanol–water partition coefficient (Wildman–Crippen LogP) is 1.89. The van der Waals surface area contributed by atoms with Crippen molar-refractivity contribution >= 4 is 11.7 Å². The molecular weight excluding hydrogens is 306 g/mol. The maximum atomic E-state index is 12.0. The van der Waals surface area contributed by atoms with Gasteiger partial charge in [-0.2, -0.15) is 4.98 Å². The quantitative estimate of drug-likeness (QED) is 0.791. The molecule has 1 aliphatic rings. The molecule has 1 aromatic heterocycles. The van der Waals surface area contributed by atoms with Crippen molar-refractivity contribution < 1.29 is 9.32 Å². The Hall–Kier alpha value is -2.57. The molecule has 7 heteroatoms. The molecular formula is C17H23N5O2. The summed E-state index contributed by atoms with van der Waals surface area (Å²) in [7, 11) is 0. The number of aromatic nitrogens is 2. The van der Waals surface area contributed by atoms with Gasteiger partial charge in [-0.1, -0.05) is 23.4 Å². The molecule has 128 valence electrons. The molecule has 1 aliphatic heterocycles. The van der Waals surface area contributed by atoms with Gasteiger partial charge in [0.25, 0.3) is 0 Å². The molecule has 0 unspecified atom stereocenters. The maximum Gasteiger partial charge on any atom is 0.315 e. The van der Waals surface area contributed by atoms with Gasteiger partial charge < -0.3 is 20.1 Å². The van der Waals surface area contributed by atoms with Crippen LogP contribution in [0, 0.1) is 6.92 Å². The summed E-state index contributed by atoms with van der Waals surface area (Å²) in [5, 5.41) is 9.66. The normalized spacial score (nSPS) is 17.0. The minimum Gasteiger partial charge on any atom is -0.369 e. The molecule has 1 atom stereocenters. The summed E-state index contributed by atoms with van der Waals surface area (Å²) in [6.45, 7) is 4.19. The minimum absolute atomic E-state index is 0.114. The van der Waals surface area contributed by atoms with Gasteiger partial charge in [-0.15, -0.1) is 0 Å². The second-order valence-electron chi connectivity index (χ2n) is 6.01. The van der Waals surface area contributed by atoms with E-state index in [9.17, 15) is 4.79 Å². The Morgan fingerprint density at radius 2 is 2.21 bits per heavy atom. The van der Waals surface area contributed by atoms with Crippen LogP contribution in [-0.4, -0.2) is 41.8 Å². The summed E-state index contributed by atoms with van der Waals surface area (Å²) in [6, 6.07) is 10.4. The number of amides is 2. The highest BCUT2D eigenvalue weighted by Crippen LogP contribution is 2.19. The van der Waals surface area contributed by atoms with Crippen molar-refractivity contribution in [1.29, 1.82) is 0 Å². The fraction of sp³-hybridized carbons (Fsp3) is 0.471. The first-order valence-electron chi connectivity index (χ1n) is 8.34. The van der Waals surface area contributed by atoms with Gasteiger partial charge in [0.15, 0.2) is 5.82 Å². The number of carbonyl (C=O) groups is 1. The molecule has 2 heterocycles. The van der Waals surface area contributed by atoms with Gasteiger partial charge in [0.05, 0.1) is 0 Å². The molecule has 2 N–H and O–H groups in total. The molecule has 1 saturated heterocycles. The maximum absolute atomic E-state index is 12.0. The third-order valence-corrected chi connectivity index (χ3v) is 4.07. The van der Waals surface area contributed by atoms with E-state index in [1.54, 1.807) is 6.92 Å². The highest BCUT2D eigenvalue weighted by Gasteiger charge is 2.23. The highest BCUT2D eigenvalue weighted by atomic mass is 16.5. The van der Waals surface area contributed by atoms with Crippen molar-refractivity contribution in [1.82, 2.24) is 20.8 Å². The molecule has 0 aliphatic carbocycles. The average molecular weight is 329 g/mol. The molecule has 1 aromatic carbocycles. The van der Waals surface area contributed by atoms with E-state index in [0.29, 0.717) is 24.7 Å². The molecule has 0 spiro atoms. The van der Waals surface area contributed by atoms with E-state index in [-0.39, 0.29) is 12.1 Å². The fourth-order valence-corrected chi connectivity index (χ4v) is 2.87. The van der Waals surface area contributed by atoms with E-state index in [1.807, 2.05) is 18.2 Å². The van der Waals surface area contributed by atoms with Crippen LogP contribution >= 0.6 is 0 Å². The Kier molecular flexibility index (Phi) is 5.30. The smallest absolute Gasteiger partial charge is 0.315 e. The highest BCUT2D eigenvalue weighted by molar-refractivity contribution is 5.74. The lowest BCUT2D eigenvalue weighted by atomic mass is 10.2. The Morgan fingerprint density at radius 1 is 1.38 bits per heavy atom. The number of urea groups is 1. The predicted molar refractivity (Wildman–Crippen MR) is 91.0 cm³/mol. The molecule has 0 radical (unpaired) electrons. The van der Waals surface area contributed by atoms with Crippen LogP contribution in [0.4, 0.5) is 10.5 Å². The van der Waals surface area contributed by atoms with Crippen LogP contribution < -0.4 is 15.5 Å². The van der Waals surface area contributed by atoms with Gasteiger partial charge in [-0.3, -0.25) is 0 Å². The second-order valence-corrected chi connectivity index (χ2v) is 6.01. The zero-order valence-corrected chi connectivity index (χ0v) is 13.9. The van der Waals surface area contributed by atoms with Gasteiger partial charge in [0.2, 0.25) is 5.89 Å². The lowest BCUT2D eigenvalue weighted by Crippen LogP contribution is -2.43. The first-order chi connectivity index (χ1) is 11.7. The number of hydrogen-bond acceptors (Lipinski definition) is 5. The summed E-state index contributed by atoms with van der Waals surface area (Å²) < 4.78 is 5.04. The summed E-state index contributed by atoms with van der Waals surface area (Å²) in [5.41, 5.74) is 1.21. The number of anilines is 1. The molecule has 2 aromatic rings. The Labute approximate surface area is 141 Å². The third-order valence-electron chi connectivity index (χ3n) is 4.07. The zero-order chi connectivity index (χ0) is 16.8. The minimum atomic E-state index is -0.114. The topological polar surface area (TPSA) is 83.3 Å². The Balaban J connectivity index is 1.34. The van der Waals surface area contributed by atoms with E-state index in [4.69, 9.17) is 4.52 Å². The van der Waals surface area contributed by atoms with E-state index in [1.165, 1.54) is 5.69 Å². The molecule has 24 heavy (non-hydrogen) atoms. The van der Waals surface area contributed by atoms with Crippen LogP contribution in [0.5, 0.6) is 0 Å². The molecule has 3 rings (SSSR count). The monoisotopic (exact) mass is 329 g/mol. The molecule has 0 bridgehead atoms. The third kappa shape index (κ3) is 4.47. The number of nitrogens with zero attached hydrogens (tertiary/aromatic N) is 3. The van der Waals surface area contributed by atoms with Crippen LogP contribution in [0.1, 0.15) is 24.6 Å². The van der Waals surface area contributed by atoms with Crippen molar-refractivity contribution in [2.24, 2.45) is 0 Å². The zero-order valence-electron chi connectivity index (χ0n) is 13.9. The summed E-state index contributed by atoms with van der Waals surface area (Å²) in [6.07, 6.45) is 2.41. The lowest BCUT2D eigenvalue weighted by Gasteiger charge is -2.19. The Bertz CT molecular complexity index is 658. The van der Waals surface area contributed by atoms with Crippen molar-refractivity contribution in [3.05, 3.63) is 42.0 Å². The summed E-state index contributed by atoms with van der Waals surface area (Å²) >= 11 is 0. The van der Waals surface area contributed by atoms with E-state index >= 15 is 0 Å². The van der Waals surface area contributed by atoms with Gasteiger partial charge in [-0.05, 0) is 31.9 Å². The average Bonchev–Trinajstić information content (AvgIpc) is 3.22. The summed E-state index contributed by atoms with van der Waals surface area (Å²) in [4.78, 5) is 18.4. The standard InChI is InChI=1S/C17H23N5O2/c1-13-19-16(24-21-13)8-5-10-18-17(23)20-14-9-11-22(12-14)15-6-3-2-4-7-15/h2-4,6-7,14H,5,8-12H2,1H3,(H2,18,20,23)/t14-/m0/s1. The van der Waals surface area contributed by atoms with Crippen molar-refractivity contribution in [3.63, 3.8) is 0 Å². The Morgan fingerprint density at radius 3 is 2.96 bits per heavy atom. The first kappa shape index (κ1) is 16.3. The second kappa shape index (κ2) is 7.81. The molecule has 0 saturated carbocycles. The van der Waals surface area contributed by atoms with Crippen molar-refractivity contribution in [2.75, 3.05) is 24.5 Å². The van der Waals surface area contributed by atoms with E-state index in [0.717, 1.165) is 25.9 Å². The van der Waals surface area contributed by atoms with Gasteiger partial charge in [0.1, 0.15) is 0 Å². The molecule has 1 fully saturated rings. The van der Waals surface area contributed by atoms with Gasteiger partial charge in [0, 0.05) is 37.8 Å². The van der Waals surface area contributed by atoms with E-state index < -0.39 is 0 Å². The van der Waals surface area contributed by atoms with Gasteiger partial charge >= 0.3 is 6.03 Å². The summed E-state index contributed by atoms with van der Waals surface area (Å²) in [5.74, 6) is 1.25. The van der Waals surface area contributed by atoms with Crippen molar-refractivity contribution in [2.45, 2.75) is 32.2 Å². The van der Waals surface area contributed by atoms with Crippen LogP contribution in [-0.2, 0) is 6.42 Å².